The van der Waals surface area contributed by atoms with Crippen molar-refractivity contribution in [1.29, 1.82) is 0 Å². The second-order valence-corrected chi connectivity index (χ2v) is 9.38. The van der Waals surface area contributed by atoms with Crippen LogP contribution in [0.25, 0.3) is 0 Å². The molecule has 0 fully saturated rings. The summed E-state index contributed by atoms with van der Waals surface area (Å²) >= 11 is 0. The first-order valence-electron chi connectivity index (χ1n) is 6.82. The van der Waals surface area contributed by atoms with Crippen molar-refractivity contribution in [3.8, 4) is 0 Å². The minimum atomic E-state index is -1.27. The first-order chi connectivity index (χ1) is 7.18. The highest BCUT2D eigenvalue weighted by Gasteiger charge is 2.23. The van der Waals surface area contributed by atoms with Crippen molar-refractivity contribution in [3.63, 3.8) is 0 Å². The zero-order chi connectivity index (χ0) is 11.6. The largest absolute Gasteiger partial charge is 0.417 e. The summed E-state index contributed by atoms with van der Waals surface area (Å²) in [5.41, 5.74) is 0. The minimum Gasteiger partial charge on any atom is -0.417 e. The van der Waals surface area contributed by atoms with E-state index in [1.165, 1.54) is 50.6 Å². The molecule has 0 aromatic carbocycles. The van der Waals surface area contributed by atoms with Crippen LogP contribution in [0.15, 0.2) is 0 Å². The van der Waals surface area contributed by atoms with Gasteiger partial charge < -0.3 is 4.43 Å². The maximum Gasteiger partial charge on any atom is 0.189 e. The Labute approximate surface area is 97.7 Å². The summed E-state index contributed by atoms with van der Waals surface area (Å²) < 4.78 is 6.07. The lowest BCUT2D eigenvalue weighted by Gasteiger charge is -2.24. The molecule has 0 saturated carbocycles. The van der Waals surface area contributed by atoms with Gasteiger partial charge in [0.05, 0.1) is 0 Å². The summed E-state index contributed by atoms with van der Waals surface area (Å²) in [6, 6.07) is 2.53. The number of hydrogen-bond donors (Lipinski definition) is 0. The average molecular weight is 230 g/mol. The van der Waals surface area contributed by atoms with Crippen molar-refractivity contribution in [2.75, 3.05) is 6.61 Å². The molecule has 2 heteroatoms. The molecule has 0 heterocycles. The van der Waals surface area contributed by atoms with E-state index in [0.717, 1.165) is 6.61 Å². The normalized spacial score (nSPS) is 12.0. The van der Waals surface area contributed by atoms with E-state index in [0.29, 0.717) is 0 Å². The molecular formula is C13H30OSi. The Bertz CT molecular complexity index is 132. The minimum absolute atomic E-state index is 1.01. The van der Waals surface area contributed by atoms with Crippen LogP contribution in [0.5, 0.6) is 0 Å². The molecule has 0 rings (SSSR count). The Morgan fingerprint density at radius 2 is 1.33 bits per heavy atom. The van der Waals surface area contributed by atoms with Crippen LogP contribution in [0.1, 0.15) is 59.3 Å². The lowest BCUT2D eigenvalue weighted by molar-refractivity contribution is 0.291. The molecule has 0 aromatic rings. The molecule has 0 aliphatic carbocycles. The van der Waals surface area contributed by atoms with E-state index in [2.05, 4.69) is 27.3 Å². The summed E-state index contributed by atoms with van der Waals surface area (Å²) in [5.74, 6) is 0. The van der Waals surface area contributed by atoms with Crippen LogP contribution in [0, 0.1) is 0 Å². The van der Waals surface area contributed by atoms with Crippen LogP contribution in [-0.2, 0) is 4.43 Å². The molecule has 0 aliphatic heterocycles. The summed E-state index contributed by atoms with van der Waals surface area (Å²) in [6.45, 7) is 10.2. The molecule has 0 spiro atoms. The quantitative estimate of drug-likeness (QED) is 0.380. The maximum atomic E-state index is 6.07. The van der Waals surface area contributed by atoms with Gasteiger partial charge in [-0.3, -0.25) is 0 Å². The summed E-state index contributed by atoms with van der Waals surface area (Å²) in [6.07, 6.45) is 8.18. The van der Waals surface area contributed by atoms with Crippen molar-refractivity contribution in [3.05, 3.63) is 0 Å². The second kappa shape index (κ2) is 9.41. The van der Waals surface area contributed by atoms with Gasteiger partial charge in [-0.25, -0.2) is 0 Å². The van der Waals surface area contributed by atoms with Crippen LogP contribution in [0.4, 0.5) is 0 Å². The predicted octanol–water partition coefficient (Wildman–Crippen LogP) is 4.98. The molecular weight excluding hydrogens is 200 g/mol. The van der Waals surface area contributed by atoms with Gasteiger partial charge in [0.15, 0.2) is 8.32 Å². The molecule has 0 aliphatic rings. The van der Waals surface area contributed by atoms with Gasteiger partial charge in [0.25, 0.3) is 0 Å². The molecule has 92 valence electrons. The van der Waals surface area contributed by atoms with Crippen molar-refractivity contribution in [1.82, 2.24) is 0 Å². The van der Waals surface area contributed by atoms with E-state index in [1.54, 1.807) is 0 Å². The van der Waals surface area contributed by atoms with Gasteiger partial charge in [-0.1, -0.05) is 52.9 Å². The SMILES string of the molecule is CCCCCCCCO[Si](C)(CC)CC. The number of unbranched alkanes of at least 4 members (excludes halogenated alkanes) is 5. The molecule has 15 heavy (non-hydrogen) atoms. The molecule has 0 aromatic heterocycles. The maximum absolute atomic E-state index is 6.07. The fourth-order valence-corrected chi connectivity index (χ4v) is 3.20. The van der Waals surface area contributed by atoms with Gasteiger partial charge >= 0.3 is 0 Å². The van der Waals surface area contributed by atoms with Gasteiger partial charge in [0.2, 0.25) is 0 Å². The Hall–Kier alpha value is 0.177. The van der Waals surface area contributed by atoms with Gasteiger partial charge in [0.1, 0.15) is 0 Å². The van der Waals surface area contributed by atoms with E-state index >= 15 is 0 Å². The van der Waals surface area contributed by atoms with Crippen molar-refractivity contribution in [2.24, 2.45) is 0 Å². The Balaban J connectivity index is 3.29. The van der Waals surface area contributed by atoms with Gasteiger partial charge in [0, 0.05) is 6.61 Å². The van der Waals surface area contributed by atoms with Crippen molar-refractivity contribution in [2.45, 2.75) is 77.9 Å². The van der Waals surface area contributed by atoms with Crippen LogP contribution in [0.2, 0.25) is 18.6 Å². The lowest BCUT2D eigenvalue weighted by atomic mass is 10.1. The Morgan fingerprint density at radius 1 is 0.800 bits per heavy atom. The highest BCUT2D eigenvalue weighted by Crippen LogP contribution is 2.16. The first-order valence-corrected chi connectivity index (χ1v) is 9.64. The predicted molar refractivity (Wildman–Crippen MR) is 71.9 cm³/mol. The zero-order valence-electron chi connectivity index (χ0n) is 11.3. The van der Waals surface area contributed by atoms with Crippen LogP contribution in [0.3, 0.4) is 0 Å². The molecule has 0 amide bonds. The zero-order valence-corrected chi connectivity index (χ0v) is 12.3. The third kappa shape index (κ3) is 8.03. The molecule has 0 saturated heterocycles. The smallest absolute Gasteiger partial charge is 0.189 e. The Kier molecular flexibility index (Phi) is 9.52. The van der Waals surface area contributed by atoms with Crippen LogP contribution < -0.4 is 0 Å². The van der Waals surface area contributed by atoms with Crippen LogP contribution >= 0.6 is 0 Å². The number of hydrogen-bond acceptors (Lipinski definition) is 1. The van der Waals surface area contributed by atoms with E-state index in [1.807, 2.05) is 0 Å². The van der Waals surface area contributed by atoms with Crippen LogP contribution in [-0.4, -0.2) is 14.9 Å². The monoisotopic (exact) mass is 230 g/mol. The standard InChI is InChI=1S/C13H30OSi/c1-5-8-9-10-11-12-13-14-15(4,6-2)7-3/h5-13H2,1-4H3. The van der Waals surface area contributed by atoms with E-state index in [-0.39, 0.29) is 0 Å². The van der Waals surface area contributed by atoms with Gasteiger partial charge in [-0.2, -0.15) is 0 Å². The highest BCUT2D eigenvalue weighted by atomic mass is 28.4. The molecule has 0 atom stereocenters. The second-order valence-electron chi connectivity index (χ2n) is 4.77. The average Bonchev–Trinajstić information content (AvgIpc) is 2.27. The summed E-state index contributed by atoms with van der Waals surface area (Å²) in [4.78, 5) is 0. The molecule has 0 radical (unpaired) electrons. The van der Waals surface area contributed by atoms with Crippen molar-refractivity contribution < 1.29 is 4.43 Å². The van der Waals surface area contributed by atoms with Gasteiger partial charge in [-0.05, 0) is 25.1 Å². The third-order valence-electron chi connectivity index (χ3n) is 3.44. The topological polar surface area (TPSA) is 9.23 Å². The molecule has 0 bridgehead atoms. The van der Waals surface area contributed by atoms with Crippen molar-refractivity contribution >= 4 is 8.32 Å². The fraction of sp³-hybridized carbons (Fsp3) is 1.00. The Morgan fingerprint density at radius 3 is 1.87 bits per heavy atom. The lowest BCUT2D eigenvalue weighted by Crippen LogP contribution is -2.32. The third-order valence-corrected chi connectivity index (χ3v) is 7.34. The molecule has 0 unspecified atom stereocenters. The van der Waals surface area contributed by atoms with E-state index in [9.17, 15) is 0 Å². The molecule has 0 N–H and O–H groups in total. The first kappa shape index (κ1) is 15.2. The number of rotatable bonds is 10. The van der Waals surface area contributed by atoms with Gasteiger partial charge in [-0.15, -0.1) is 0 Å². The molecule has 1 nitrogen and oxygen atoms in total. The summed E-state index contributed by atoms with van der Waals surface area (Å²) in [5, 5.41) is 0. The van der Waals surface area contributed by atoms with E-state index < -0.39 is 8.32 Å². The summed E-state index contributed by atoms with van der Waals surface area (Å²) in [7, 11) is -1.27. The van der Waals surface area contributed by atoms with E-state index in [4.69, 9.17) is 4.43 Å². The fourth-order valence-electron chi connectivity index (χ4n) is 1.66. The highest BCUT2D eigenvalue weighted by molar-refractivity contribution is 6.72.